The SMILES string of the molecule is CC(C)(C)CC(=O)Nc1ccc([N+](=O)[O-])cc1C(=O)O. The van der Waals surface area contributed by atoms with Gasteiger partial charge in [-0.05, 0) is 11.5 Å². The molecule has 0 radical (unpaired) electrons. The number of carboxylic acid groups (broad SMARTS) is 1. The Kier molecular flexibility index (Phi) is 4.44. The van der Waals surface area contributed by atoms with Crippen LogP contribution in [-0.4, -0.2) is 21.9 Å². The first-order valence-electron chi connectivity index (χ1n) is 5.92. The van der Waals surface area contributed by atoms with Crippen LogP contribution in [0, 0.1) is 15.5 Å². The van der Waals surface area contributed by atoms with Gasteiger partial charge in [0.25, 0.3) is 5.69 Å². The number of carbonyl (C=O) groups excluding carboxylic acids is 1. The zero-order valence-electron chi connectivity index (χ0n) is 11.5. The number of hydrogen-bond acceptors (Lipinski definition) is 4. The molecule has 7 heteroatoms. The Labute approximate surface area is 115 Å². The molecule has 1 aromatic rings. The lowest BCUT2D eigenvalue weighted by molar-refractivity contribution is -0.384. The summed E-state index contributed by atoms with van der Waals surface area (Å²) in [6.07, 6.45) is 0.211. The van der Waals surface area contributed by atoms with E-state index in [0.717, 1.165) is 12.1 Å². The van der Waals surface area contributed by atoms with Gasteiger partial charge in [-0.15, -0.1) is 0 Å². The van der Waals surface area contributed by atoms with Gasteiger partial charge in [-0.3, -0.25) is 14.9 Å². The number of nitro benzene ring substituents is 1. The van der Waals surface area contributed by atoms with Gasteiger partial charge in [-0.2, -0.15) is 0 Å². The summed E-state index contributed by atoms with van der Waals surface area (Å²) in [6, 6.07) is 3.30. The summed E-state index contributed by atoms with van der Waals surface area (Å²) in [5, 5.41) is 22.1. The van der Waals surface area contributed by atoms with Gasteiger partial charge < -0.3 is 10.4 Å². The smallest absolute Gasteiger partial charge is 0.338 e. The molecule has 0 aliphatic heterocycles. The van der Waals surface area contributed by atoms with Crippen LogP contribution in [0.25, 0.3) is 0 Å². The predicted octanol–water partition coefficient (Wildman–Crippen LogP) is 2.67. The van der Waals surface area contributed by atoms with Crippen LogP contribution in [-0.2, 0) is 4.79 Å². The second-order valence-corrected chi connectivity index (χ2v) is 5.58. The summed E-state index contributed by atoms with van der Waals surface area (Å²) in [4.78, 5) is 32.8. The maximum atomic E-state index is 11.8. The van der Waals surface area contributed by atoms with Crippen LogP contribution in [0.4, 0.5) is 11.4 Å². The summed E-state index contributed by atoms with van der Waals surface area (Å²) in [5.74, 6) is -1.67. The third kappa shape index (κ3) is 4.34. The Morgan fingerprint density at radius 3 is 2.40 bits per heavy atom. The number of nitrogens with one attached hydrogen (secondary N) is 1. The molecule has 0 aromatic heterocycles. The van der Waals surface area contributed by atoms with Crippen molar-refractivity contribution in [3.8, 4) is 0 Å². The van der Waals surface area contributed by atoms with Crippen molar-refractivity contribution in [2.24, 2.45) is 5.41 Å². The largest absolute Gasteiger partial charge is 0.478 e. The maximum Gasteiger partial charge on any atom is 0.338 e. The van der Waals surface area contributed by atoms with Crippen molar-refractivity contribution in [3.63, 3.8) is 0 Å². The lowest BCUT2D eigenvalue weighted by atomic mass is 9.92. The number of nitro groups is 1. The molecule has 1 amide bonds. The number of carboxylic acids is 1. The molecule has 0 aliphatic rings. The van der Waals surface area contributed by atoms with Gasteiger partial charge in [0.15, 0.2) is 0 Å². The molecule has 0 fully saturated rings. The fourth-order valence-corrected chi connectivity index (χ4v) is 1.61. The quantitative estimate of drug-likeness (QED) is 0.650. The zero-order valence-corrected chi connectivity index (χ0v) is 11.5. The van der Waals surface area contributed by atoms with Crippen molar-refractivity contribution in [1.29, 1.82) is 0 Å². The van der Waals surface area contributed by atoms with Gasteiger partial charge in [-0.1, -0.05) is 20.8 Å². The van der Waals surface area contributed by atoms with Gasteiger partial charge in [0.1, 0.15) is 0 Å². The van der Waals surface area contributed by atoms with E-state index in [-0.39, 0.29) is 34.7 Å². The molecule has 0 heterocycles. The third-order valence-corrected chi connectivity index (χ3v) is 2.41. The molecule has 1 aromatic carbocycles. The molecule has 0 saturated carbocycles. The minimum Gasteiger partial charge on any atom is -0.478 e. The van der Waals surface area contributed by atoms with E-state index in [2.05, 4.69) is 5.32 Å². The summed E-state index contributed by atoms with van der Waals surface area (Å²) < 4.78 is 0. The van der Waals surface area contributed by atoms with Crippen LogP contribution >= 0.6 is 0 Å². The normalized spacial score (nSPS) is 10.9. The highest BCUT2D eigenvalue weighted by Gasteiger charge is 2.20. The molecule has 0 unspecified atom stereocenters. The molecule has 0 aliphatic carbocycles. The molecule has 0 bridgehead atoms. The van der Waals surface area contributed by atoms with Gasteiger partial charge in [0, 0.05) is 18.6 Å². The van der Waals surface area contributed by atoms with E-state index in [1.165, 1.54) is 6.07 Å². The van der Waals surface area contributed by atoms with Crippen molar-refractivity contribution in [2.45, 2.75) is 27.2 Å². The highest BCUT2D eigenvalue weighted by Crippen LogP contribution is 2.24. The van der Waals surface area contributed by atoms with Crippen molar-refractivity contribution < 1.29 is 19.6 Å². The third-order valence-electron chi connectivity index (χ3n) is 2.41. The first kappa shape index (κ1) is 15.6. The fraction of sp³-hybridized carbons (Fsp3) is 0.385. The molecule has 0 atom stereocenters. The molecule has 1 rings (SSSR count). The van der Waals surface area contributed by atoms with Crippen LogP contribution in [0.15, 0.2) is 18.2 Å². The van der Waals surface area contributed by atoms with Gasteiger partial charge in [-0.25, -0.2) is 4.79 Å². The maximum absolute atomic E-state index is 11.8. The number of aromatic carboxylic acids is 1. The Balaban J connectivity index is 3.03. The molecule has 108 valence electrons. The van der Waals surface area contributed by atoms with Crippen molar-refractivity contribution in [2.75, 3.05) is 5.32 Å². The van der Waals surface area contributed by atoms with E-state index < -0.39 is 10.9 Å². The topological polar surface area (TPSA) is 110 Å². The first-order valence-corrected chi connectivity index (χ1v) is 5.92. The highest BCUT2D eigenvalue weighted by atomic mass is 16.6. The van der Waals surface area contributed by atoms with Crippen molar-refractivity contribution in [3.05, 3.63) is 33.9 Å². The van der Waals surface area contributed by atoms with E-state index in [4.69, 9.17) is 5.11 Å². The van der Waals surface area contributed by atoms with E-state index in [9.17, 15) is 19.7 Å². The highest BCUT2D eigenvalue weighted by molar-refractivity contribution is 6.01. The molecular weight excluding hydrogens is 264 g/mol. The van der Waals surface area contributed by atoms with E-state index in [1.54, 1.807) is 0 Å². The number of nitrogens with zero attached hydrogens (tertiary/aromatic N) is 1. The monoisotopic (exact) mass is 280 g/mol. The van der Waals surface area contributed by atoms with E-state index in [0.29, 0.717) is 0 Å². The second kappa shape index (κ2) is 5.68. The number of rotatable bonds is 4. The molecule has 0 spiro atoms. The van der Waals surface area contributed by atoms with Gasteiger partial charge in [0.2, 0.25) is 5.91 Å². The minimum atomic E-state index is -1.33. The molecular formula is C13H16N2O5. The zero-order chi connectivity index (χ0) is 15.5. The standard InChI is InChI=1S/C13H16N2O5/c1-13(2,3)7-11(16)14-10-5-4-8(15(19)20)6-9(10)12(17)18/h4-6H,7H2,1-3H3,(H,14,16)(H,17,18). The summed E-state index contributed by atoms with van der Waals surface area (Å²) in [5.41, 5.74) is -0.830. The van der Waals surface area contributed by atoms with Crippen molar-refractivity contribution in [1.82, 2.24) is 0 Å². The Bertz CT molecular complexity index is 560. The van der Waals surface area contributed by atoms with E-state index in [1.807, 2.05) is 20.8 Å². The molecule has 0 saturated heterocycles. The molecule has 2 N–H and O–H groups in total. The Hall–Kier alpha value is -2.44. The lowest BCUT2D eigenvalue weighted by Gasteiger charge is -2.17. The Morgan fingerprint density at radius 2 is 1.95 bits per heavy atom. The number of hydrogen-bond donors (Lipinski definition) is 2. The summed E-state index contributed by atoms with van der Waals surface area (Å²) in [7, 11) is 0. The predicted molar refractivity (Wildman–Crippen MR) is 72.8 cm³/mol. The van der Waals surface area contributed by atoms with Crippen LogP contribution in [0.2, 0.25) is 0 Å². The first-order chi connectivity index (χ1) is 9.10. The molecule has 7 nitrogen and oxygen atoms in total. The molecule has 20 heavy (non-hydrogen) atoms. The van der Waals surface area contributed by atoms with Crippen molar-refractivity contribution >= 4 is 23.3 Å². The lowest BCUT2D eigenvalue weighted by Crippen LogP contribution is -2.21. The number of benzene rings is 1. The average Bonchev–Trinajstić information content (AvgIpc) is 2.25. The number of carbonyl (C=O) groups is 2. The Morgan fingerprint density at radius 1 is 1.35 bits per heavy atom. The van der Waals surface area contributed by atoms with Crippen LogP contribution in [0.3, 0.4) is 0 Å². The fourth-order valence-electron chi connectivity index (χ4n) is 1.61. The second-order valence-electron chi connectivity index (χ2n) is 5.58. The van der Waals surface area contributed by atoms with E-state index >= 15 is 0 Å². The van der Waals surface area contributed by atoms with Crippen LogP contribution in [0.5, 0.6) is 0 Å². The number of non-ortho nitro benzene ring substituents is 1. The van der Waals surface area contributed by atoms with Crippen LogP contribution < -0.4 is 5.32 Å². The summed E-state index contributed by atoms with van der Waals surface area (Å²) >= 11 is 0. The van der Waals surface area contributed by atoms with Gasteiger partial charge >= 0.3 is 5.97 Å². The average molecular weight is 280 g/mol. The van der Waals surface area contributed by atoms with Crippen LogP contribution in [0.1, 0.15) is 37.6 Å². The minimum absolute atomic E-state index is 0.0531. The number of amides is 1. The summed E-state index contributed by atoms with van der Waals surface area (Å²) in [6.45, 7) is 5.63. The van der Waals surface area contributed by atoms with Gasteiger partial charge in [0.05, 0.1) is 16.2 Å². The number of anilines is 1.